The molecule has 1 heterocycles. The van der Waals surface area contributed by atoms with Crippen molar-refractivity contribution in [1.82, 2.24) is 0 Å². The molecule has 0 aromatic heterocycles. The van der Waals surface area contributed by atoms with Crippen LogP contribution in [-0.2, 0) is 0 Å². The zero-order valence-corrected chi connectivity index (χ0v) is 11.2. The summed E-state index contributed by atoms with van der Waals surface area (Å²) < 4.78 is 5.13. The Morgan fingerprint density at radius 3 is 2.79 bits per heavy atom. The van der Waals surface area contributed by atoms with Gasteiger partial charge in [-0.15, -0.1) is 0 Å². The Bertz CT molecular complexity index is 478. The summed E-state index contributed by atoms with van der Waals surface area (Å²) in [7, 11) is 1.51. The highest BCUT2D eigenvalue weighted by Gasteiger charge is 2.24. The van der Waals surface area contributed by atoms with E-state index in [-0.39, 0.29) is 11.7 Å². The molecule has 1 aromatic carbocycles. The Balaban J connectivity index is 2.28. The summed E-state index contributed by atoms with van der Waals surface area (Å²) in [5.74, 6) is 0.880. The first-order valence-corrected chi connectivity index (χ1v) is 6.35. The number of benzene rings is 1. The van der Waals surface area contributed by atoms with Crippen LogP contribution >= 0.6 is 0 Å². The molecule has 0 saturated carbocycles. The van der Waals surface area contributed by atoms with Crippen molar-refractivity contribution in [1.29, 1.82) is 0 Å². The van der Waals surface area contributed by atoms with E-state index in [4.69, 9.17) is 10.5 Å². The van der Waals surface area contributed by atoms with Gasteiger partial charge in [0.05, 0.1) is 18.1 Å². The topological polar surface area (TPSA) is 81.6 Å². The second kappa shape index (κ2) is 5.44. The molecule has 0 aliphatic carbocycles. The first kappa shape index (κ1) is 13.6. The second-order valence-electron chi connectivity index (χ2n) is 5.02. The number of methoxy groups -OCH3 is 1. The Kier molecular flexibility index (Phi) is 3.90. The van der Waals surface area contributed by atoms with Crippen molar-refractivity contribution in [2.45, 2.75) is 19.4 Å². The van der Waals surface area contributed by atoms with E-state index in [9.17, 15) is 10.1 Å². The van der Waals surface area contributed by atoms with Gasteiger partial charge in [-0.2, -0.15) is 0 Å². The van der Waals surface area contributed by atoms with Crippen LogP contribution in [-0.4, -0.2) is 31.2 Å². The van der Waals surface area contributed by atoms with E-state index in [1.54, 1.807) is 6.07 Å². The van der Waals surface area contributed by atoms with Gasteiger partial charge in [0.2, 0.25) is 0 Å². The zero-order valence-electron chi connectivity index (χ0n) is 11.2. The van der Waals surface area contributed by atoms with Crippen LogP contribution in [0.2, 0.25) is 0 Å². The number of nitro benzene ring substituents is 1. The monoisotopic (exact) mass is 265 g/mol. The highest BCUT2D eigenvalue weighted by molar-refractivity contribution is 5.58. The number of nitrogens with zero attached hydrogens (tertiary/aromatic N) is 2. The molecule has 0 bridgehead atoms. The molecule has 1 saturated heterocycles. The highest BCUT2D eigenvalue weighted by atomic mass is 16.6. The van der Waals surface area contributed by atoms with Crippen LogP contribution in [0.3, 0.4) is 0 Å². The van der Waals surface area contributed by atoms with Crippen molar-refractivity contribution in [3.05, 3.63) is 28.3 Å². The third-order valence-electron chi connectivity index (χ3n) is 3.66. The number of ether oxygens (including phenoxy) is 1. The van der Waals surface area contributed by atoms with Crippen LogP contribution in [0.5, 0.6) is 5.75 Å². The van der Waals surface area contributed by atoms with E-state index in [2.05, 4.69) is 11.8 Å². The number of rotatable bonds is 3. The average Bonchev–Trinajstić information content (AvgIpc) is 2.41. The summed E-state index contributed by atoms with van der Waals surface area (Å²) in [4.78, 5) is 12.7. The van der Waals surface area contributed by atoms with E-state index in [0.717, 1.165) is 25.2 Å². The third-order valence-corrected chi connectivity index (χ3v) is 3.66. The predicted molar refractivity (Wildman–Crippen MR) is 73.6 cm³/mol. The lowest BCUT2D eigenvalue weighted by Gasteiger charge is -2.36. The minimum absolute atomic E-state index is 0.0527. The molecule has 2 N–H and O–H groups in total. The van der Waals surface area contributed by atoms with E-state index in [0.29, 0.717) is 11.7 Å². The summed E-state index contributed by atoms with van der Waals surface area (Å²) in [5, 5.41) is 10.9. The highest BCUT2D eigenvalue weighted by Crippen LogP contribution is 2.30. The minimum Gasteiger partial charge on any atom is -0.496 e. The van der Waals surface area contributed by atoms with Gasteiger partial charge in [0, 0.05) is 37.0 Å². The van der Waals surface area contributed by atoms with Crippen LogP contribution < -0.4 is 15.4 Å². The maximum atomic E-state index is 10.9. The summed E-state index contributed by atoms with van der Waals surface area (Å²) in [6.07, 6.45) is 0.895. The fourth-order valence-electron chi connectivity index (χ4n) is 2.37. The predicted octanol–water partition coefficient (Wildman–Crippen LogP) is 1.78. The molecule has 2 rings (SSSR count). The normalized spacial score (nSPS) is 23.2. The van der Waals surface area contributed by atoms with Gasteiger partial charge in [-0.25, -0.2) is 0 Å². The fraction of sp³-hybridized carbons (Fsp3) is 0.538. The van der Waals surface area contributed by atoms with E-state index in [1.807, 2.05) is 6.07 Å². The first-order valence-electron chi connectivity index (χ1n) is 6.35. The maximum absolute atomic E-state index is 10.9. The Hall–Kier alpha value is -1.82. The molecule has 0 amide bonds. The van der Waals surface area contributed by atoms with Crippen LogP contribution in [0.15, 0.2) is 18.2 Å². The van der Waals surface area contributed by atoms with E-state index < -0.39 is 4.92 Å². The lowest BCUT2D eigenvalue weighted by Crippen LogP contribution is -2.45. The fourth-order valence-corrected chi connectivity index (χ4v) is 2.37. The average molecular weight is 265 g/mol. The summed E-state index contributed by atoms with van der Waals surface area (Å²) in [6.45, 7) is 3.73. The smallest absolute Gasteiger partial charge is 0.275 e. The lowest BCUT2D eigenvalue weighted by molar-refractivity contribution is -0.384. The van der Waals surface area contributed by atoms with Crippen molar-refractivity contribution >= 4 is 11.4 Å². The van der Waals surface area contributed by atoms with Gasteiger partial charge in [0.1, 0.15) is 5.75 Å². The Morgan fingerprint density at radius 2 is 2.21 bits per heavy atom. The Labute approximate surface area is 112 Å². The SMILES string of the molecule is COc1cc(N2CCC(N)C(C)C2)cc([N+](=O)[O-])c1. The van der Waals surface area contributed by atoms with Crippen molar-refractivity contribution in [2.24, 2.45) is 11.7 Å². The van der Waals surface area contributed by atoms with Crippen LogP contribution in [0.1, 0.15) is 13.3 Å². The molecule has 6 heteroatoms. The van der Waals surface area contributed by atoms with Crippen LogP contribution in [0.25, 0.3) is 0 Å². The minimum atomic E-state index is -0.398. The number of piperidine rings is 1. The van der Waals surface area contributed by atoms with Crippen molar-refractivity contribution < 1.29 is 9.66 Å². The number of hydrogen-bond acceptors (Lipinski definition) is 5. The number of nitrogens with two attached hydrogens (primary N) is 1. The maximum Gasteiger partial charge on any atom is 0.275 e. The van der Waals surface area contributed by atoms with Gasteiger partial charge in [0.15, 0.2) is 0 Å². The van der Waals surface area contributed by atoms with Crippen molar-refractivity contribution in [2.75, 3.05) is 25.1 Å². The number of non-ortho nitro benzene ring substituents is 1. The molecule has 2 unspecified atom stereocenters. The van der Waals surface area contributed by atoms with Gasteiger partial charge in [-0.05, 0) is 12.3 Å². The second-order valence-corrected chi connectivity index (χ2v) is 5.02. The molecule has 2 atom stereocenters. The Morgan fingerprint density at radius 1 is 1.47 bits per heavy atom. The van der Waals surface area contributed by atoms with Crippen molar-refractivity contribution in [3.63, 3.8) is 0 Å². The summed E-state index contributed by atoms with van der Waals surface area (Å²) in [6, 6.07) is 5.06. The summed E-state index contributed by atoms with van der Waals surface area (Å²) >= 11 is 0. The largest absolute Gasteiger partial charge is 0.496 e. The molecule has 1 aromatic rings. The summed E-state index contributed by atoms with van der Waals surface area (Å²) in [5.41, 5.74) is 6.87. The quantitative estimate of drug-likeness (QED) is 0.665. The van der Waals surface area contributed by atoms with Gasteiger partial charge >= 0.3 is 0 Å². The van der Waals surface area contributed by atoms with E-state index in [1.165, 1.54) is 13.2 Å². The molecule has 6 nitrogen and oxygen atoms in total. The van der Waals surface area contributed by atoms with Gasteiger partial charge < -0.3 is 15.4 Å². The van der Waals surface area contributed by atoms with Gasteiger partial charge in [-0.3, -0.25) is 10.1 Å². The molecule has 1 fully saturated rings. The van der Waals surface area contributed by atoms with E-state index >= 15 is 0 Å². The molecule has 104 valence electrons. The van der Waals surface area contributed by atoms with Gasteiger partial charge in [-0.1, -0.05) is 6.92 Å². The molecular weight excluding hydrogens is 246 g/mol. The number of hydrogen-bond donors (Lipinski definition) is 1. The lowest BCUT2D eigenvalue weighted by atomic mass is 9.94. The first-order chi connectivity index (χ1) is 9.01. The molecule has 1 aliphatic rings. The van der Waals surface area contributed by atoms with Gasteiger partial charge in [0.25, 0.3) is 5.69 Å². The van der Waals surface area contributed by atoms with Crippen LogP contribution in [0, 0.1) is 16.0 Å². The zero-order chi connectivity index (χ0) is 14.0. The van der Waals surface area contributed by atoms with Crippen LogP contribution in [0.4, 0.5) is 11.4 Å². The number of anilines is 1. The van der Waals surface area contributed by atoms with Crippen molar-refractivity contribution in [3.8, 4) is 5.75 Å². The molecular formula is C13H19N3O3. The number of nitro groups is 1. The molecule has 0 spiro atoms. The molecule has 19 heavy (non-hydrogen) atoms. The molecule has 0 radical (unpaired) electrons. The standard InChI is InChI=1S/C13H19N3O3/c1-9-8-15(4-3-13(9)14)10-5-11(16(17)18)7-12(6-10)19-2/h5-7,9,13H,3-4,8,14H2,1-2H3. The molecule has 1 aliphatic heterocycles. The third kappa shape index (κ3) is 2.96.